The highest BCUT2D eigenvalue weighted by atomic mass is 32.2. The number of aromatic nitrogens is 3. The minimum atomic E-state index is -0.132. The predicted octanol–water partition coefficient (Wildman–Crippen LogP) is 2.18. The summed E-state index contributed by atoms with van der Waals surface area (Å²) in [5, 5.41) is 4.93. The van der Waals surface area contributed by atoms with Crippen molar-refractivity contribution in [3.8, 4) is 0 Å². The molecule has 3 rings (SSSR count). The van der Waals surface area contributed by atoms with Gasteiger partial charge in [-0.05, 0) is 49.6 Å². The van der Waals surface area contributed by atoms with Crippen molar-refractivity contribution in [2.45, 2.75) is 49.5 Å². The van der Waals surface area contributed by atoms with Crippen LogP contribution in [0.3, 0.4) is 0 Å². The van der Waals surface area contributed by atoms with Gasteiger partial charge in [0.15, 0.2) is 5.16 Å². The van der Waals surface area contributed by atoms with Gasteiger partial charge in [0, 0.05) is 30.5 Å². The number of aromatic amines is 1. The van der Waals surface area contributed by atoms with Gasteiger partial charge in [0.25, 0.3) is 5.56 Å². The zero-order valence-electron chi connectivity index (χ0n) is 12.1. The first-order valence-electron chi connectivity index (χ1n) is 7.05. The number of pyridine rings is 1. The Kier molecular flexibility index (Phi) is 4.07. The number of hydrogen-bond acceptors (Lipinski definition) is 5. The first-order valence-corrected chi connectivity index (χ1v) is 7.86. The van der Waals surface area contributed by atoms with Crippen LogP contribution in [0.25, 0.3) is 0 Å². The Morgan fingerprint density at radius 3 is 2.86 bits per heavy atom. The molecule has 2 aromatic rings. The van der Waals surface area contributed by atoms with E-state index in [1.165, 1.54) is 36.2 Å². The summed E-state index contributed by atoms with van der Waals surface area (Å²) in [6.07, 6.45) is 4.46. The fourth-order valence-corrected chi connectivity index (χ4v) is 2.91. The Bertz CT molecular complexity index is 709. The van der Waals surface area contributed by atoms with Gasteiger partial charge in [0.1, 0.15) is 5.03 Å². The van der Waals surface area contributed by atoms with Crippen molar-refractivity contribution < 1.29 is 0 Å². The number of nitrogens with zero attached hydrogens (tertiary/aromatic N) is 2. The average Bonchev–Trinajstić information content (AvgIpc) is 3.22. The Morgan fingerprint density at radius 2 is 2.19 bits per heavy atom. The monoisotopic (exact) mass is 302 g/mol. The molecule has 1 aliphatic carbocycles. The summed E-state index contributed by atoms with van der Waals surface area (Å²) in [6, 6.07) is 4.32. The molecule has 0 amide bonds. The average molecular weight is 302 g/mol. The number of aryl methyl sites for hydroxylation is 2. The van der Waals surface area contributed by atoms with Gasteiger partial charge in [0.2, 0.25) is 0 Å². The highest BCUT2D eigenvalue weighted by Crippen LogP contribution is 2.26. The second-order valence-corrected chi connectivity index (χ2v) is 6.39. The van der Waals surface area contributed by atoms with Crippen molar-refractivity contribution in [1.29, 1.82) is 0 Å². The largest absolute Gasteiger partial charge is 0.310 e. The summed E-state index contributed by atoms with van der Waals surface area (Å²) in [7, 11) is 0. The van der Waals surface area contributed by atoms with E-state index in [-0.39, 0.29) is 5.56 Å². The Hall–Kier alpha value is -1.66. The van der Waals surface area contributed by atoms with E-state index in [9.17, 15) is 4.79 Å². The predicted molar refractivity (Wildman–Crippen MR) is 82.6 cm³/mol. The first kappa shape index (κ1) is 14.3. The fourth-order valence-electron chi connectivity index (χ4n) is 2.07. The van der Waals surface area contributed by atoms with E-state index in [4.69, 9.17) is 0 Å². The summed E-state index contributed by atoms with van der Waals surface area (Å²) >= 11 is 1.39. The van der Waals surface area contributed by atoms with Crippen LogP contribution in [-0.4, -0.2) is 21.0 Å². The summed E-state index contributed by atoms with van der Waals surface area (Å²) < 4.78 is 0. The maximum absolute atomic E-state index is 11.5. The van der Waals surface area contributed by atoms with E-state index in [1.807, 2.05) is 20.0 Å². The van der Waals surface area contributed by atoms with Crippen molar-refractivity contribution in [1.82, 2.24) is 20.3 Å². The normalized spacial score (nSPS) is 14.4. The van der Waals surface area contributed by atoms with Crippen molar-refractivity contribution in [3.05, 3.63) is 45.5 Å². The van der Waals surface area contributed by atoms with Crippen LogP contribution in [0.2, 0.25) is 0 Å². The SMILES string of the molecule is Cc1cc(=O)[nH]c(Sc2ncc(CNC3CC3)cc2C)n1. The highest BCUT2D eigenvalue weighted by molar-refractivity contribution is 7.99. The van der Waals surface area contributed by atoms with Gasteiger partial charge in [-0.25, -0.2) is 9.97 Å². The maximum atomic E-state index is 11.5. The molecule has 1 aliphatic rings. The van der Waals surface area contributed by atoms with Crippen LogP contribution in [0, 0.1) is 13.8 Å². The minimum Gasteiger partial charge on any atom is -0.310 e. The summed E-state index contributed by atoms with van der Waals surface area (Å²) in [6.45, 7) is 4.71. The number of nitrogens with one attached hydrogen (secondary N) is 2. The maximum Gasteiger partial charge on any atom is 0.251 e. The van der Waals surface area contributed by atoms with Crippen LogP contribution in [0.15, 0.2) is 33.3 Å². The van der Waals surface area contributed by atoms with Crippen LogP contribution < -0.4 is 10.9 Å². The van der Waals surface area contributed by atoms with E-state index >= 15 is 0 Å². The van der Waals surface area contributed by atoms with Gasteiger partial charge in [-0.15, -0.1) is 0 Å². The second-order valence-electron chi connectivity index (χ2n) is 5.41. The Labute approximate surface area is 127 Å². The van der Waals surface area contributed by atoms with E-state index < -0.39 is 0 Å². The Balaban J connectivity index is 1.73. The molecule has 1 saturated carbocycles. The van der Waals surface area contributed by atoms with E-state index in [2.05, 4.69) is 26.3 Å². The standard InChI is InChI=1S/C15H18N4OS/c1-9-5-11(7-16-12-3-4-12)8-17-14(9)21-15-18-10(2)6-13(20)19-15/h5-6,8,12,16H,3-4,7H2,1-2H3,(H,18,19,20). The molecule has 1 fully saturated rings. The lowest BCUT2D eigenvalue weighted by Gasteiger charge is -2.08. The molecule has 2 heterocycles. The van der Waals surface area contributed by atoms with Gasteiger partial charge in [-0.3, -0.25) is 4.79 Å². The minimum absolute atomic E-state index is 0.132. The van der Waals surface area contributed by atoms with E-state index in [0.29, 0.717) is 16.9 Å². The molecular weight excluding hydrogens is 284 g/mol. The summed E-state index contributed by atoms with van der Waals surface area (Å²) in [5.41, 5.74) is 2.87. The van der Waals surface area contributed by atoms with Crippen molar-refractivity contribution in [3.63, 3.8) is 0 Å². The number of hydrogen-bond donors (Lipinski definition) is 2. The van der Waals surface area contributed by atoms with Crippen LogP contribution in [0.5, 0.6) is 0 Å². The molecule has 0 spiro atoms. The molecule has 0 aliphatic heterocycles. The molecule has 6 heteroatoms. The molecule has 0 aromatic carbocycles. The van der Waals surface area contributed by atoms with Gasteiger partial charge in [-0.1, -0.05) is 6.07 Å². The number of H-pyrrole nitrogens is 1. The first-order chi connectivity index (χ1) is 10.1. The molecule has 2 N–H and O–H groups in total. The van der Waals surface area contributed by atoms with Gasteiger partial charge in [-0.2, -0.15) is 0 Å². The lowest BCUT2D eigenvalue weighted by atomic mass is 10.2. The summed E-state index contributed by atoms with van der Waals surface area (Å²) in [5.74, 6) is 0. The quantitative estimate of drug-likeness (QED) is 0.828. The lowest BCUT2D eigenvalue weighted by Crippen LogP contribution is -2.15. The molecule has 0 unspecified atom stereocenters. The van der Waals surface area contributed by atoms with Gasteiger partial charge >= 0.3 is 0 Å². The smallest absolute Gasteiger partial charge is 0.251 e. The summed E-state index contributed by atoms with van der Waals surface area (Å²) in [4.78, 5) is 23.0. The van der Waals surface area contributed by atoms with Crippen molar-refractivity contribution in [2.24, 2.45) is 0 Å². The molecule has 2 aromatic heterocycles. The third-order valence-corrected chi connectivity index (χ3v) is 4.31. The second kappa shape index (κ2) is 5.99. The molecule has 0 bridgehead atoms. The zero-order chi connectivity index (χ0) is 14.8. The third-order valence-electron chi connectivity index (χ3n) is 3.30. The third kappa shape index (κ3) is 3.92. The van der Waals surface area contributed by atoms with Gasteiger partial charge < -0.3 is 10.3 Å². The van der Waals surface area contributed by atoms with Gasteiger partial charge in [0.05, 0.1) is 0 Å². The van der Waals surface area contributed by atoms with Crippen LogP contribution in [0.4, 0.5) is 0 Å². The van der Waals surface area contributed by atoms with Crippen molar-refractivity contribution in [2.75, 3.05) is 0 Å². The van der Waals surface area contributed by atoms with Crippen molar-refractivity contribution >= 4 is 11.8 Å². The number of rotatable bonds is 5. The molecule has 21 heavy (non-hydrogen) atoms. The van der Waals surface area contributed by atoms with E-state index in [1.54, 1.807) is 0 Å². The van der Waals surface area contributed by atoms with Crippen LogP contribution >= 0.6 is 11.8 Å². The van der Waals surface area contributed by atoms with E-state index in [0.717, 1.165) is 17.1 Å². The lowest BCUT2D eigenvalue weighted by molar-refractivity contribution is 0.684. The molecule has 110 valence electrons. The fraction of sp³-hybridized carbons (Fsp3) is 0.400. The Morgan fingerprint density at radius 1 is 1.38 bits per heavy atom. The van der Waals surface area contributed by atoms with Crippen LogP contribution in [0.1, 0.15) is 29.7 Å². The molecule has 0 radical (unpaired) electrons. The van der Waals surface area contributed by atoms with Crippen LogP contribution in [-0.2, 0) is 6.54 Å². The zero-order valence-corrected chi connectivity index (χ0v) is 13.0. The topological polar surface area (TPSA) is 70.7 Å². The molecule has 0 atom stereocenters. The highest BCUT2D eigenvalue weighted by Gasteiger charge is 2.20. The molecule has 5 nitrogen and oxygen atoms in total. The molecule has 0 saturated heterocycles. The molecular formula is C15H18N4OS.